The summed E-state index contributed by atoms with van der Waals surface area (Å²) in [6.45, 7) is 0.864. The summed E-state index contributed by atoms with van der Waals surface area (Å²) >= 11 is 0. The number of hydrogen-bond donors (Lipinski definition) is 1. The summed E-state index contributed by atoms with van der Waals surface area (Å²) in [6.07, 6.45) is 9.38. The van der Waals surface area contributed by atoms with E-state index < -0.39 is 0 Å². The SMILES string of the molecule is OC1=CC2=C3CCCC3COC2C=C1. The third kappa shape index (κ3) is 1.14. The molecular weight excluding hydrogens is 176 g/mol. The van der Waals surface area contributed by atoms with Crippen LogP contribution in [0.25, 0.3) is 0 Å². The Hall–Kier alpha value is -1.02. The van der Waals surface area contributed by atoms with Crippen LogP contribution in [-0.4, -0.2) is 17.8 Å². The van der Waals surface area contributed by atoms with Crippen molar-refractivity contribution in [1.29, 1.82) is 0 Å². The Bertz CT molecular complexity index is 349. The van der Waals surface area contributed by atoms with Gasteiger partial charge in [0.05, 0.1) is 6.61 Å². The predicted octanol–water partition coefficient (Wildman–Crippen LogP) is 2.49. The van der Waals surface area contributed by atoms with E-state index in [0.717, 1.165) is 6.61 Å². The average Bonchev–Trinajstić information content (AvgIpc) is 2.65. The molecule has 3 aliphatic rings. The maximum Gasteiger partial charge on any atom is 0.115 e. The van der Waals surface area contributed by atoms with Crippen LogP contribution in [-0.2, 0) is 4.74 Å². The zero-order chi connectivity index (χ0) is 9.54. The van der Waals surface area contributed by atoms with Crippen molar-refractivity contribution >= 4 is 0 Å². The summed E-state index contributed by atoms with van der Waals surface area (Å²) in [5, 5.41) is 9.45. The molecule has 3 rings (SSSR count). The summed E-state index contributed by atoms with van der Waals surface area (Å²) in [4.78, 5) is 0. The van der Waals surface area contributed by atoms with Crippen molar-refractivity contribution in [3.05, 3.63) is 35.1 Å². The van der Waals surface area contributed by atoms with E-state index in [-0.39, 0.29) is 6.10 Å². The molecule has 2 heteroatoms. The molecular formula is C12H14O2. The van der Waals surface area contributed by atoms with Gasteiger partial charge in [0.25, 0.3) is 0 Å². The quantitative estimate of drug-likeness (QED) is 0.636. The first-order valence-corrected chi connectivity index (χ1v) is 5.28. The van der Waals surface area contributed by atoms with Gasteiger partial charge in [0.2, 0.25) is 0 Å². The fourth-order valence-electron chi connectivity index (χ4n) is 2.70. The lowest BCUT2D eigenvalue weighted by molar-refractivity contribution is 0.0728. The van der Waals surface area contributed by atoms with E-state index in [0.29, 0.717) is 11.7 Å². The Kier molecular flexibility index (Phi) is 1.77. The second kappa shape index (κ2) is 2.99. The lowest BCUT2D eigenvalue weighted by atomic mass is 9.89. The van der Waals surface area contributed by atoms with Gasteiger partial charge in [0.15, 0.2) is 0 Å². The molecule has 0 aromatic carbocycles. The van der Waals surface area contributed by atoms with Crippen LogP contribution in [0.5, 0.6) is 0 Å². The molecule has 2 unspecified atom stereocenters. The number of ether oxygens (including phenoxy) is 1. The van der Waals surface area contributed by atoms with Crippen LogP contribution in [0, 0.1) is 5.92 Å². The van der Waals surface area contributed by atoms with Crippen LogP contribution >= 0.6 is 0 Å². The van der Waals surface area contributed by atoms with Crippen molar-refractivity contribution in [3.8, 4) is 0 Å². The highest BCUT2D eigenvalue weighted by Crippen LogP contribution is 2.40. The number of hydrogen-bond acceptors (Lipinski definition) is 2. The Labute approximate surface area is 83.6 Å². The van der Waals surface area contributed by atoms with Gasteiger partial charge < -0.3 is 9.84 Å². The first kappa shape index (κ1) is 8.30. The minimum absolute atomic E-state index is 0.107. The van der Waals surface area contributed by atoms with Gasteiger partial charge in [0.1, 0.15) is 11.9 Å². The van der Waals surface area contributed by atoms with Gasteiger partial charge in [-0.25, -0.2) is 0 Å². The van der Waals surface area contributed by atoms with Crippen molar-refractivity contribution < 1.29 is 9.84 Å². The number of aliphatic hydroxyl groups excluding tert-OH is 1. The van der Waals surface area contributed by atoms with Gasteiger partial charge in [0, 0.05) is 5.92 Å². The number of fused-ring (bicyclic) bond motifs is 2. The van der Waals surface area contributed by atoms with Crippen molar-refractivity contribution in [3.63, 3.8) is 0 Å². The van der Waals surface area contributed by atoms with E-state index in [1.54, 1.807) is 6.08 Å². The van der Waals surface area contributed by atoms with Crippen molar-refractivity contribution in [1.82, 2.24) is 0 Å². The van der Waals surface area contributed by atoms with E-state index in [9.17, 15) is 5.11 Å². The molecule has 0 amide bonds. The molecule has 1 saturated carbocycles. The van der Waals surface area contributed by atoms with Crippen molar-refractivity contribution in [2.24, 2.45) is 5.92 Å². The molecule has 0 saturated heterocycles. The van der Waals surface area contributed by atoms with E-state index in [1.807, 2.05) is 12.2 Å². The largest absolute Gasteiger partial charge is 0.508 e. The maximum absolute atomic E-state index is 9.45. The normalized spacial score (nSPS) is 35.3. The average molecular weight is 190 g/mol. The minimum Gasteiger partial charge on any atom is -0.508 e. The highest BCUT2D eigenvalue weighted by atomic mass is 16.5. The Morgan fingerprint density at radius 3 is 3.29 bits per heavy atom. The zero-order valence-corrected chi connectivity index (χ0v) is 8.07. The fourth-order valence-corrected chi connectivity index (χ4v) is 2.70. The molecule has 2 nitrogen and oxygen atoms in total. The van der Waals surface area contributed by atoms with E-state index >= 15 is 0 Å². The Morgan fingerprint density at radius 1 is 1.43 bits per heavy atom. The van der Waals surface area contributed by atoms with Gasteiger partial charge in [-0.3, -0.25) is 0 Å². The Morgan fingerprint density at radius 2 is 2.36 bits per heavy atom. The smallest absolute Gasteiger partial charge is 0.115 e. The zero-order valence-electron chi connectivity index (χ0n) is 8.07. The van der Waals surface area contributed by atoms with Crippen LogP contribution in [0.1, 0.15) is 19.3 Å². The van der Waals surface area contributed by atoms with Gasteiger partial charge in [-0.2, -0.15) is 0 Å². The van der Waals surface area contributed by atoms with Crippen LogP contribution in [0.15, 0.2) is 35.1 Å². The molecule has 14 heavy (non-hydrogen) atoms. The second-order valence-electron chi connectivity index (χ2n) is 4.25. The first-order chi connectivity index (χ1) is 6.84. The molecule has 1 aliphatic heterocycles. The highest BCUT2D eigenvalue weighted by molar-refractivity contribution is 5.43. The van der Waals surface area contributed by atoms with E-state index in [2.05, 4.69) is 0 Å². The molecule has 2 atom stereocenters. The highest BCUT2D eigenvalue weighted by Gasteiger charge is 2.32. The number of aliphatic hydroxyl groups is 1. The van der Waals surface area contributed by atoms with Gasteiger partial charge in [-0.15, -0.1) is 0 Å². The fraction of sp³-hybridized carbons (Fsp3) is 0.500. The predicted molar refractivity (Wildman–Crippen MR) is 54.0 cm³/mol. The van der Waals surface area contributed by atoms with Crippen LogP contribution in [0.4, 0.5) is 0 Å². The van der Waals surface area contributed by atoms with Crippen LogP contribution in [0.3, 0.4) is 0 Å². The summed E-state index contributed by atoms with van der Waals surface area (Å²) in [5.74, 6) is 0.983. The summed E-state index contributed by atoms with van der Waals surface area (Å²) < 4.78 is 5.74. The van der Waals surface area contributed by atoms with Crippen LogP contribution < -0.4 is 0 Å². The molecule has 1 heterocycles. The lowest BCUT2D eigenvalue weighted by Gasteiger charge is -2.29. The lowest BCUT2D eigenvalue weighted by Crippen LogP contribution is -2.26. The molecule has 74 valence electrons. The van der Waals surface area contributed by atoms with Crippen molar-refractivity contribution in [2.45, 2.75) is 25.4 Å². The molecule has 0 aromatic rings. The maximum atomic E-state index is 9.45. The molecule has 2 aliphatic carbocycles. The third-order valence-electron chi connectivity index (χ3n) is 3.39. The summed E-state index contributed by atoms with van der Waals surface area (Å²) in [6, 6.07) is 0. The molecule has 0 bridgehead atoms. The number of allylic oxidation sites excluding steroid dienone is 1. The summed E-state index contributed by atoms with van der Waals surface area (Å²) in [5.41, 5.74) is 2.75. The van der Waals surface area contributed by atoms with Crippen LogP contribution in [0.2, 0.25) is 0 Å². The van der Waals surface area contributed by atoms with Gasteiger partial charge >= 0.3 is 0 Å². The van der Waals surface area contributed by atoms with Gasteiger partial charge in [-0.05, 0) is 43.1 Å². The van der Waals surface area contributed by atoms with Gasteiger partial charge in [-0.1, -0.05) is 5.57 Å². The third-order valence-corrected chi connectivity index (χ3v) is 3.39. The monoisotopic (exact) mass is 190 g/mol. The minimum atomic E-state index is 0.107. The molecule has 0 aromatic heterocycles. The first-order valence-electron chi connectivity index (χ1n) is 5.28. The van der Waals surface area contributed by atoms with E-state index in [1.165, 1.54) is 30.4 Å². The number of rotatable bonds is 0. The van der Waals surface area contributed by atoms with Crippen molar-refractivity contribution in [2.75, 3.05) is 6.61 Å². The Balaban J connectivity index is 2.06. The molecule has 0 radical (unpaired) electrons. The van der Waals surface area contributed by atoms with E-state index in [4.69, 9.17) is 4.74 Å². The molecule has 1 fully saturated rings. The molecule has 0 spiro atoms. The summed E-state index contributed by atoms with van der Waals surface area (Å²) in [7, 11) is 0. The topological polar surface area (TPSA) is 29.5 Å². The molecule has 1 N–H and O–H groups in total. The standard InChI is InChI=1S/C12H14O2/c13-9-4-5-12-11(6-9)10-3-1-2-8(10)7-14-12/h4-6,8,12-13H,1-3,7H2. The second-order valence-corrected chi connectivity index (χ2v) is 4.25.